The lowest BCUT2D eigenvalue weighted by Gasteiger charge is -2.36. The molecule has 1 aliphatic rings. The molecule has 0 spiro atoms. The highest BCUT2D eigenvalue weighted by Gasteiger charge is 2.37. The highest BCUT2D eigenvalue weighted by atomic mass is 19.1. The van der Waals surface area contributed by atoms with Crippen LogP contribution in [0.3, 0.4) is 0 Å². The minimum Gasteiger partial charge on any atom is -0.480 e. The summed E-state index contributed by atoms with van der Waals surface area (Å²) >= 11 is 0. The Bertz CT molecular complexity index is 676. The predicted octanol–water partition coefficient (Wildman–Crippen LogP) is 2.97. The van der Waals surface area contributed by atoms with Crippen LogP contribution in [-0.4, -0.2) is 36.6 Å². The molecule has 0 radical (unpaired) electrons. The molecule has 24 heavy (non-hydrogen) atoms. The molecule has 1 heterocycles. The molecule has 0 fully saturated rings. The van der Waals surface area contributed by atoms with Crippen LogP contribution in [-0.2, 0) is 11.2 Å². The lowest BCUT2D eigenvalue weighted by molar-refractivity contribution is -0.0811. The molecule has 5 heteroatoms. The van der Waals surface area contributed by atoms with Crippen LogP contribution in [0.1, 0.15) is 12.5 Å². The van der Waals surface area contributed by atoms with Gasteiger partial charge in [0.25, 0.3) is 0 Å². The van der Waals surface area contributed by atoms with Gasteiger partial charge in [0.2, 0.25) is 0 Å². The number of aliphatic hydroxyl groups is 1. The van der Waals surface area contributed by atoms with Crippen molar-refractivity contribution in [1.29, 1.82) is 0 Å². The summed E-state index contributed by atoms with van der Waals surface area (Å²) in [4.78, 5) is 0. The van der Waals surface area contributed by atoms with Crippen molar-refractivity contribution in [1.82, 2.24) is 0 Å². The Morgan fingerprint density at radius 2 is 1.88 bits per heavy atom. The molecule has 0 aromatic heterocycles. The summed E-state index contributed by atoms with van der Waals surface area (Å²) in [6.45, 7) is 2.76. The van der Waals surface area contributed by atoms with Crippen LogP contribution in [0.4, 0.5) is 4.39 Å². The molecule has 128 valence electrons. The van der Waals surface area contributed by atoms with Crippen LogP contribution in [0.25, 0.3) is 0 Å². The third-order valence-corrected chi connectivity index (χ3v) is 3.96. The molecular weight excluding hydrogens is 311 g/mol. The second-order valence-electron chi connectivity index (χ2n) is 5.75. The Morgan fingerprint density at radius 1 is 1.12 bits per heavy atom. The Labute approximate surface area is 140 Å². The highest BCUT2D eigenvalue weighted by Crippen LogP contribution is 2.35. The molecule has 0 saturated heterocycles. The van der Waals surface area contributed by atoms with E-state index in [2.05, 4.69) is 0 Å². The van der Waals surface area contributed by atoms with Gasteiger partial charge in [-0.15, -0.1) is 0 Å². The zero-order valence-electron chi connectivity index (χ0n) is 13.5. The van der Waals surface area contributed by atoms with Gasteiger partial charge in [0.15, 0.2) is 23.7 Å². The molecule has 0 aliphatic carbocycles. The fourth-order valence-corrected chi connectivity index (χ4v) is 2.81. The van der Waals surface area contributed by atoms with Crippen LogP contribution in [0.15, 0.2) is 48.5 Å². The summed E-state index contributed by atoms with van der Waals surface area (Å²) in [5.41, 5.74) is 0.708. The maximum Gasteiger partial charge on any atom is 0.164 e. The van der Waals surface area contributed by atoms with Crippen molar-refractivity contribution in [3.05, 3.63) is 59.9 Å². The first-order valence-corrected chi connectivity index (χ1v) is 8.10. The average molecular weight is 332 g/mol. The van der Waals surface area contributed by atoms with Gasteiger partial charge in [0, 0.05) is 13.0 Å². The number of hydrogen-bond acceptors (Lipinski definition) is 4. The molecule has 3 unspecified atom stereocenters. The highest BCUT2D eigenvalue weighted by molar-refractivity contribution is 5.41. The van der Waals surface area contributed by atoms with E-state index in [-0.39, 0.29) is 12.2 Å². The average Bonchev–Trinajstić information content (AvgIpc) is 2.59. The van der Waals surface area contributed by atoms with Gasteiger partial charge in [0.1, 0.15) is 5.82 Å². The number of para-hydroxylation sites is 2. The zero-order valence-corrected chi connectivity index (χ0v) is 13.5. The fraction of sp³-hybridized carbons (Fsp3) is 0.368. The van der Waals surface area contributed by atoms with E-state index in [9.17, 15) is 9.50 Å². The number of halogens is 1. The van der Waals surface area contributed by atoms with Crippen LogP contribution in [0, 0.1) is 5.82 Å². The SMILES string of the molecule is CCOCC1Oc2ccccc2OC1C(O)Cc1cccc(F)c1. The minimum absolute atomic E-state index is 0.274. The molecule has 3 rings (SSSR count). The molecule has 0 saturated carbocycles. The standard InChI is InChI=1S/C19H21FO4/c1-2-22-12-18-19(24-17-9-4-3-8-16(17)23-18)15(21)11-13-6-5-7-14(20)10-13/h3-10,15,18-19,21H,2,11-12H2,1H3. The zero-order chi connectivity index (χ0) is 16.9. The number of ether oxygens (including phenoxy) is 3. The maximum atomic E-state index is 13.3. The number of hydrogen-bond donors (Lipinski definition) is 1. The molecule has 1 aliphatic heterocycles. The first-order valence-electron chi connectivity index (χ1n) is 8.10. The largest absolute Gasteiger partial charge is 0.480 e. The number of benzene rings is 2. The van der Waals surface area contributed by atoms with E-state index >= 15 is 0 Å². The van der Waals surface area contributed by atoms with Crippen molar-refractivity contribution in [2.24, 2.45) is 0 Å². The van der Waals surface area contributed by atoms with E-state index in [0.29, 0.717) is 30.3 Å². The Kier molecular flexibility index (Phi) is 5.33. The van der Waals surface area contributed by atoms with Crippen molar-refractivity contribution >= 4 is 0 Å². The fourth-order valence-electron chi connectivity index (χ4n) is 2.81. The van der Waals surface area contributed by atoms with Gasteiger partial charge in [-0.1, -0.05) is 24.3 Å². The van der Waals surface area contributed by atoms with Crippen LogP contribution < -0.4 is 9.47 Å². The summed E-state index contributed by atoms with van der Waals surface area (Å²) in [6, 6.07) is 13.5. The van der Waals surface area contributed by atoms with Gasteiger partial charge in [-0.25, -0.2) is 4.39 Å². The van der Waals surface area contributed by atoms with Gasteiger partial charge in [-0.2, -0.15) is 0 Å². The van der Waals surface area contributed by atoms with E-state index in [1.54, 1.807) is 18.2 Å². The smallest absolute Gasteiger partial charge is 0.164 e. The van der Waals surface area contributed by atoms with Crippen LogP contribution in [0.2, 0.25) is 0 Å². The van der Waals surface area contributed by atoms with E-state index in [1.165, 1.54) is 12.1 Å². The summed E-state index contributed by atoms with van der Waals surface area (Å²) < 4.78 is 30.7. The molecule has 0 bridgehead atoms. The molecule has 4 nitrogen and oxygen atoms in total. The Hall–Kier alpha value is -2.11. The van der Waals surface area contributed by atoms with E-state index in [4.69, 9.17) is 14.2 Å². The van der Waals surface area contributed by atoms with Crippen molar-refractivity contribution < 1.29 is 23.7 Å². The molecular formula is C19H21FO4. The van der Waals surface area contributed by atoms with E-state index in [1.807, 2.05) is 25.1 Å². The van der Waals surface area contributed by atoms with E-state index in [0.717, 1.165) is 0 Å². The number of fused-ring (bicyclic) bond motifs is 1. The quantitative estimate of drug-likeness (QED) is 0.883. The summed E-state index contributed by atoms with van der Waals surface area (Å²) in [7, 11) is 0. The van der Waals surface area contributed by atoms with Crippen LogP contribution in [0.5, 0.6) is 11.5 Å². The molecule has 1 N–H and O–H groups in total. The van der Waals surface area contributed by atoms with Crippen molar-refractivity contribution in [3.8, 4) is 11.5 Å². The third-order valence-electron chi connectivity index (χ3n) is 3.96. The first kappa shape index (κ1) is 16.7. The van der Waals surface area contributed by atoms with Gasteiger partial charge >= 0.3 is 0 Å². The molecule has 2 aromatic carbocycles. The molecule has 0 amide bonds. The monoisotopic (exact) mass is 332 g/mol. The predicted molar refractivity (Wildman–Crippen MR) is 87.9 cm³/mol. The van der Waals surface area contributed by atoms with Crippen molar-refractivity contribution in [2.75, 3.05) is 13.2 Å². The van der Waals surface area contributed by atoms with Crippen molar-refractivity contribution in [3.63, 3.8) is 0 Å². The van der Waals surface area contributed by atoms with Gasteiger partial charge in [-0.05, 0) is 36.8 Å². The lowest BCUT2D eigenvalue weighted by Crippen LogP contribution is -2.50. The molecule has 3 atom stereocenters. The normalized spacial score (nSPS) is 20.6. The minimum atomic E-state index is -0.842. The number of aliphatic hydroxyl groups excluding tert-OH is 1. The lowest BCUT2D eigenvalue weighted by atomic mass is 9.99. The van der Waals surface area contributed by atoms with E-state index < -0.39 is 18.3 Å². The van der Waals surface area contributed by atoms with Gasteiger partial charge in [-0.3, -0.25) is 0 Å². The van der Waals surface area contributed by atoms with Gasteiger partial charge in [0.05, 0.1) is 12.7 Å². The van der Waals surface area contributed by atoms with Gasteiger partial charge < -0.3 is 19.3 Å². The Balaban J connectivity index is 1.77. The Morgan fingerprint density at radius 3 is 2.58 bits per heavy atom. The first-order chi connectivity index (χ1) is 11.7. The molecule has 2 aromatic rings. The maximum absolute atomic E-state index is 13.3. The second-order valence-corrected chi connectivity index (χ2v) is 5.75. The summed E-state index contributed by atoms with van der Waals surface area (Å²) in [5, 5.41) is 10.6. The number of rotatable bonds is 6. The van der Waals surface area contributed by atoms with Crippen LogP contribution >= 0.6 is 0 Å². The third kappa shape index (κ3) is 3.86. The summed E-state index contributed by atoms with van der Waals surface area (Å²) in [6.07, 6.45) is -1.58. The van der Waals surface area contributed by atoms with Crippen molar-refractivity contribution in [2.45, 2.75) is 31.7 Å². The summed E-state index contributed by atoms with van der Waals surface area (Å²) in [5.74, 6) is 0.904. The second kappa shape index (κ2) is 7.64. The topological polar surface area (TPSA) is 47.9 Å².